The van der Waals surface area contributed by atoms with E-state index >= 15 is 0 Å². The van der Waals surface area contributed by atoms with E-state index in [9.17, 15) is 9.59 Å². The van der Waals surface area contributed by atoms with Crippen molar-refractivity contribution in [1.82, 2.24) is 0 Å². The van der Waals surface area contributed by atoms with Crippen LogP contribution in [0.15, 0.2) is 66.7 Å². The zero-order chi connectivity index (χ0) is 29.6. The summed E-state index contributed by atoms with van der Waals surface area (Å²) in [5.41, 5.74) is 3.15. The third kappa shape index (κ3) is 7.57. The average Bonchev–Trinajstić information content (AvgIpc) is 3.18. The molecule has 3 aromatic carbocycles. The molecule has 0 saturated carbocycles. The van der Waals surface area contributed by atoms with Gasteiger partial charge in [-0.15, -0.1) is 0 Å². The Balaban J connectivity index is 1.24. The maximum atomic E-state index is 12.4. The Kier molecular flexibility index (Phi) is 9.22. The molecule has 1 aliphatic rings. The second-order valence-electron chi connectivity index (χ2n) is 10.6. The standard InChI is InChI=1S/C30H35BN2O8/c1-29(2)30(3,4)41-31(40-29)23-11-10-22(26(16-23)37-5)19-39-28(36)33-25-14-8-21(9-15-25)18-38-27(35)32-24-12-6-20(17-34)7-13-24/h6-16,34H,17-19H2,1-5H3,(H,32,35)(H,33,36). The van der Waals surface area contributed by atoms with Crippen LogP contribution in [-0.4, -0.2) is 42.7 Å². The van der Waals surface area contributed by atoms with Gasteiger partial charge in [-0.2, -0.15) is 0 Å². The molecule has 0 bridgehead atoms. The van der Waals surface area contributed by atoms with Crippen LogP contribution in [0.5, 0.6) is 5.75 Å². The van der Waals surface area contributed by atoms with Gasteiger partial charge >= 0.3 is 19.3 Å². The van der Waals surface area contributed by atoms with E-state index in [1.165, 1.54) is 0 Å². The zero-order valence-electron chi connectivity index (χ0n) is 23.9. The molecule has 4 rings (SSSR count). The van der Waals surface area contributed by atoms with E-state index < -0.39 is 30.5 Å². The first-order valence-corrected chi connectivity index (χ1v) is 13.2. The Hall–Kier alpha value is -4.06. The van der Waals surface area contributed by atoms with Gasteiger partial charge in [0.1, 0.15) is 19.0 Å². The molecule has 10 nitrogen and oxygen atoms in total. The highest BCUT2D eigenvalue weighted by Gasteiger charge is 2.51. The van der Waals surface area contributed by atoms with Gasteiger partial charge in [-0.25, -0.2) is 9.59 Å². The third-order valence-corrected chi connectivity index (χ3v) is 7.15. The number of aliphatic hydroxyl groups excluding tert-OH is 1. The van der Waals surface area contributed by atoms with Gasteiger partial charge in [0.15, 0.2) is 0 Å². The third-order valence-electron chi connectivity index (χ3n) is 7.15. The van der Waals surface area contributed by atoms with Crippen LogP contribution in [0.2, 0.25) is 0 Å². The summed E-state index contributed by atoms with van der Waals surface area (Å²) >= 11 is 0. The van der Waals surface area contributed by atoms with E-state index in [0.717, 1.165) is 16.6 Å². The van der Waals surface area contributed by atoms with Crippen LogP contribution in [0.1, 0.15) is 44.4 Å². The van der Waals surface area contributed by atoms with Gasteiger partial charge in [0, 0.05) is 16.9 Å². The number of ether oxygens (including phenoxy) is 3. The van der Waals surface area contributed by atoms with Crippen LogP contribution >= 0.6 is 0 Å². The minimum Gasteiger partial charge on any atom is -0.496 e. The van der Waals surface area contributed by atoms with Crippen molar-refractivity contribution < 1.29 is 38.2 Å². The van der Waals surface area contributed by atoms with Crippen LogP contribution in [-0.2, 0) is 38.6 Å². The van der Waals surface area contributed by atoms with Gasteiger partial charge in [0.2, 0.25) is 0 Å². The average molecular weight is 562 g/mol. The van der Waals surface area contributed by atoms with Gasteiger partial charge in [-0.1, -0.05) is 36.4 Å². The van der Waals surface area contributed by atoms with Gasteiger partial charge in [-0.05, 0) is 74.6 Å². The van der Waals surface area contributed by atoms with Crippen molar-refractivity contribution >= 4 is 36.1 Å². The smallest absolute Gasteiger partial charge is 0.494 e. The Labute approximate surface area is 240 Å². The number of methoxy groups -OCH3 is 1. The van der Waals surface area contributed by atoms with E-state index in [1.807, 2.05) is 45.9 Å². The van der Waals surface area contributed by atoms with Crippen LogP contribution in [0.4, 0.5) is 21.0 Å². The molecule has 0 unspecified atom stereocenters. The van der Waals surface area contributed by atoms with Crippen LogP contribution in [0, 0.1) is 0 Å². The van der Waals surface area contributed by atoms with E-state index in [-0.39, 0.29) is 19.8 Å². The number of rotatable bonds is 9. The fourth-order valence-corrected chi connectivity index (χ4v) is 3.98. The van der Waals surface area contributed by atoms with Crippen molar-refractivity contribution in [2.45, 2.75) is 58.7 Å². The van der Waals surface area contributed by atoms with Crippen LogP contribution < -0.4 is 20.8 Å². The lowest BCUT2D eigenvalue weighted by Gasteiger charge is -2.32. The molecule has 0 radical (unpaired) electrons. The van der Waals surface area contributed by atoms with Crippen molar-refractivity contribution in [3.8, 4) is 5.75 Å². The van der Waals surface area contributed by atoms with Crippen LogP contribution in [0.25, 0.3) is 0 Å². The van der Waals surface area contributed by atoms with E-state index in [0.29, 0.717) is 22.7 Å². The largest absolute Gasteiger partial charge is 0.496 e. The molecule has 0 aromatic heterocycles. The molecule has 1 heterocycles. The summed E-state index contributed by atoms with van der Waals surface area (Å²) in [6.45, 7) is 7.96. The first kappa shape index (κ1) is 29.9. The predicted molar refractivity (Wildman–Crippen MR) is 155 cm³/mol. The first-order valence-electron chi connectivity index (χ1n) is 13.2. The summed E-state index contributed by atoms with van der Waals surface area (Å²) in [7, 11) is 1.02. The normalized spacial score (nSPS) is 15.2. The number of benzene rings is 3. The topological polar surface area (TPSA) is 125 Å². The maximum absolute atomic E-state index is 12.4. The van der Waals surface area contributed by atoms with Gasteiger partial charge in [-0.3, -0.25) is 10.6 Å². The quantitative estimate of drug-likeness (QED) is 0.312. The molecule has 2 amide bonds. The number of aliphatic hydroxyl groups is 1. The molecular weight excluding hydrogens is 527 g/mol. The number of hydrogen-bond acceptors (Lipinski definition) is 8. The SMILES string of the molecule is COc1cc(B2OC(C)(C)C(C)(C)O2)ccc1COC(=O)Nc1ccc(COC(=O)Nc2ccc(CO)cc2)cc1. The van der Waals surface area contributed by atoms with Crippen molar-refractivity contribution in [2.24, 2.45) is 0 Å². The Morgan fingerprint density at radius 3 is 1.80 bits per heavy atom. The molecular formula is C30H35BN2O8. The Bertz CT molecular complexity index is 1340. The number of carbonyl (C=O) groups excluding carboxylic acids is 2. The molecule has 1 saturated heterocycles. The van der Waals surface area contributed by atoms with Crippen LogP contribution in [0.3, 0.4) is 0 Å². The fraction of sp³-hybridized carbons (Fsp3) is 0.333. The predicted octanol–water partition coefficient (Wildman–Crippen LogP) is 4.98. The number of carbonyl (C=O) groups is 2. The summed E-state index contributed by atoms with van der Waals surface area (Å²) < 4.78 is 28.4. The highest BCUT2D eigenvalue weighted by Crippen LogP contribution is 2.36. The molecule has 1 fully saturated rings. The zero-order valence-corrected chi connectivity index (χ0v) is 23.9. The Morgan fingerprint density at radius 1 is 0.780 bits per heavy atom. The lowest BCUT2D eigenvalue weighted by Crippen LogP contribution is -2.41. The van der Waals surface area contributed by atoms with E-state index in [2.05, 4.69) is 10.6 Å². The number of amides is 2. The number of nitrogens with one attached hydrogen (secondary N) is 2. The van der Waals surface area contributed by atoms with Gasteiger partial charge < -0.3 is 28.6 Å². The molecule has 11 heteroatoms. The van der Waals surface area contributed by atoms with Crippen molar-refractivity contribution in [2.75, 3.05) is 17.7 Å². The van der Waals surface area contributed by atoms with Crippen molar-refractivity contribution in [3.05, 3.63) is 83.4 Å². The molecule has 41 heavy (non-hydrogen) atoms. The maximum Gasteiger partial charge on any atom is 0.494 e. The summed E-state index contributed by atoms with van der Waals surface area (Å²) in [6.07, 6.45) is -1.23. The van der Waals surface area contributed by atoms with E-state index in [4.69, 9.17) is 28.6 Å². The number of hydrogen-bond donors (Lipinski definition) is 3. The molecule has 0 aliphatic carbocycles. The molecule has 0 atom stereocenters. The molecule has 3 N–H and O–H groups in total. The van der Waals surface area contributed by atoms with Crippen molar-refractivity contribution in [1.29, 1.82) is 0 Å². The molecule has 1 aliphatic heterocycles. The molecule has 216 valence electrons. The van der Waals surface area contributed by atoms with Gasteiger partial charge in [0.25, 0.3) is 0 Å². The van der Waals surface area contributed by atoms with E-state index in [1.54, 1.807) is 55.6 Å². The lowest BCUT2D eigenvalue weighted by molar-refractivity contribution is 0.00578. The Morgan fingerprint density at radius 2 is 1.29 bits per heavy atom. The van der Waals surface area contributed by atoms with Crippen molar-refractivity contribution in [3.63, 3.8) is 0 Å². The molecule has 3 aromatic rings. The lowest BCUT2D eigenvalue weighted by atomic mass is 9.78. The minimum absolute atomic E-state index is 0.00240. The minimum atomic E-state index is -0.627. The number of anilines is 2. The fourth-order valence-electron chi connectivity index (χ4n) is 3.98. The summed E-state index contributed by atoms with van der Waals surface area (Å²) in [5, 5.41) is 14.4. The molecule has 0 spiro atoms. The summed E-state index contributed by atoms with van der Waals surface area (Å²) in [4.78, 5) is 24.5. The summed E-state index contributed by atoms with van der Waals surface area (Å²) in [6, 6.07) is 19.1. The van der Waals surface area contributed by atoms with Gasteiger partial charge in [0.05, 0.1) is 24.9 Å². The second kappa shape index (κ2) is 12.6. The second-order valence-corrected chi connectivity index (χ2v) is 10.6. The monoisotopic (exact) mass is 562 g/mol. The highest BCUT2D eigenvalue weighted by molar-refractivity contribution is 6.62. The first-order chi connectivity index (χ1) is 19.5. The highest BCUT2D eigenvalue weighted by atomic mass is 16.7. The summed E-state index contributed by atoms with van der Waals surface area (Å²) in [5.74, 6) is 0.556.